The zero-order chi connectivity index (χ0) is 15.4. The number of hydrogen-bond acceptors (Lipinski definition) is 3. The number of aromatic nitrogens is 1. The standard InChI is InChI=1S/C18H28N4/c1-15-3-4-17-16(5-10-21-11-7-20-8-12-21)14-22(9-2-6-19)18(17)13-15/h3-4,13-14,20H,2,5-12,19H2,1H3. The quantitative estimate of drug-likeness (QED) is 0.854. The summed E-state index contributed by atoms with van der Waals surface area (Å²) in [6.07, 6.45) is 4.52. The second-order valence-electron chi connectivity index (χ2n) is 6.35. The van der Waals surface area contributed by atoms with E-state index in [2.05, 4.69) is 46.1 Å². The molecule has 4 nitrogen and oxygen atoms in total. The van der Waals surface area contributed by atoms with Gasteiger partial charge >= 0.3 is 0 Å². The molecule has 0 aliphatic carbocycles. The van der Waals surface area contributed by atoms with Crippen molar-refractivity contribution in [2.24, 2.45) is 5.73 Å². The van der Waals surface area contributed by atoms with Crippen LogP contribution in [0, 0.1) is 6.92 Å². The van der Waals surface area contributed by atoms with Gasteiger partial charge in [-0.2, -0.15) is 0 Å². The molecule has 1 aliphatic heterocycles. The number of nitrogens with one attached hydrogen (secondary N) is 1. The molecule has 1 fully saturated rings. The monoisotopic (exact) mass is 300 g/mol. The highest BCUT2D eigenvalue weighted by Gasteiger charge is 2.12. The third-order valence-corrected chi connectivity index (χ3v) is 4.63. The van der Waals surface area contributed by atoms with Crippen LogP contribution in [0.2, 0.25) is 0 Å². The first-order valence-corrected chi connectivity index (χ1v) is 8.49. The van der Waals surface area contributed by atoms with Crippen molar-refractivity contribution in [2.75, 3.05) is 39.3 Å². The molecule has 1 saturated heterocycles. The zero-order valence-electron chi connectivity index (χ0n) is 13.6. The molecule has 0 saturated carbocycles. The lowest BCUT2D eigenvalue weighted by molar-refractivity contribution is 0.244. The van der Waals surface area contributed by atoms with E-state index in [0.717, 1.165) is 45.6 Å². The first kappa shape index (κ1) is 15.5. The van der Waals surface area contributed by atoms with Crippen LogP contribution in [0.25, 0.3) is 10.9 Å². The molecule has 1 aromatic heterocycles. The molecule has 1 aromatic carbocycles. The molecule has 2 heterocycles. The predicted octanol–water partition coefficient (Wildman–Crippen LogP) is 1.75. The van der Waals surface area contributed by atoms with E-state index >= 15 is 0 Å². The highest BCUT2D eigenvalue weighted by atomic mass is 15.2. The average Bonchev–Trinajstić information content (AvgIpc) is 2.89. The Kier molecular flexibility index (Phi) is 5.13. The molecule has 0 amide bonds. The minimum absolute atomic E-state index is 0.752. The van der Waals surface area contributed by atoms with E-state index in [-0.39, 0.29) is 0 Å². The summed E-state index contributed by atoms with van der Waals surface area (Å²) in [7, 11) is 0. The summed E-state index contributed by atoms with van der Waals surface area (Å²) < 4.78 is 2.39. The molecule has 0 unspecified atom stereocenters. The Morgan fingerprint density at radius 3 is 2.77 bits per heavy atom. The van der Waals surface area contributed by atoms with Crippen molar-refractivity contribution in [3.63, 3.8) is 0 Å². The van der Waals surface area contributed by atoms with E-state index in [1.807, 2.05) is 0 Å². The number of benzene rings is 1. The topological polar surface area (TPSA) is 46.2 Å². The van der Waals surface area contributed by atoms with Gasteiger partial charge in [0, 0.05) is 56.4 Å². The minimum Gasteiger partial charge on any atom is -0.347 e. The van der Waals surface area contributed by atoms with Crippen LogP contribution in [0.1, 0.15) is 17.5 Å². The Morgan fingerprint density at radius 2 is 2.00 bits per heavy atom. The predicted molar refractivity (Wildman–Crippen MR) is 93.4 cm³/mol. The molecule has 120 valence electrons. The number of nitrogens with zero attached hydrogens (tertiary/aromatic N) is 2. The summed E-state index contributed by atoms with van der Waals surface area (Å²) in [4.78, 5) is 2.56. The summed E-state index contributed by atoms with van der Waals surface area (Å²) in [5.74, 6) is 0. The van der Waals surface area contributed by atoms with Crippen LogP contribution in [0.5, 0.6) is 0 Å². The van der Waals surface area contributed by atoms with Crippen LogP contribution >= 0.6 is 0 Å². The van der Waals surface area contributed by atoms with E-state index < -0.39 is 0 Å². The highest BCUT2D eigenvalue weighted by Crippen LogP contribution is 2.24. The number of piperazine rings is 1. The molecule has 0 radical (unpaired) electrons. The summed E-state index contributed by atoms with van der Waals surface area (Å²) in [5, 5.41) is 4.83. The number of hydrogen-bond donors (Lipinski definition) is 2. The Balaban J connectivity index is 1.78. The van der Waals surface area contributed by atoms with Gasteiger partial charge in [-0.15, -0.1) is 0 Å². The van der Waals surface area contributed by atoms with Gasteiger partial charge in [-0.25, -0.2) is 0 Å². The van der Waals surface area contributed by atoms with Gasteiger partial charge in [-0.3, -0.25) is 0 Å². The SMILES string of the molecule is Cc1ccc2c(CCN3CCNCC3)cn(CCCN)c2c1. The van der Waals surface area contributed by atoms with Crippen LogP contribution in [-0.2, 0) is 13.0 Å². The molecule has 0 bridgehead atoms. The lowest BCUT2D eigenvalue weighted by Gasteiger charge is -2.26. The summed E-state index contributed by atoms with van der Waals surface area (Å²) in [6, 6.07) is 6.82. The Labute approximate surface area is 133 Å². The molecule has 3 N–H and O–H groups in total. The van der Waals surface area contributed by atoms with E-state index in [4.69, 9.17) is 5.73 Å². The molecule has 3 rings (SSSR count). The number of rotatable bonds is 6. The first-order valence-electron chi connectivity index (χ1n) is 8.49. The van der Waals surface area contributed by atoms with Crippen molar-refractivity contribution in [1.82, 2.24) is 14.8 Å². The van der Waals surface area contributed by atoms with E-state index in [0.29, 0.717) is 0 Å². The summed E-state index contributed by atoms with van der Waals surface area (Å²) in [5.41, 5.74) is 9.86. The van der Waals surface area contributed by atoms with Gasteiger partial charge < -0.3 is 20.5 Å². The highest BCUT2D eigenvalue weighted by molar-refractivity contribution is 5.84. The van der Waals surface area contributed by atoms with E-state index in [1.165, 1.54) is 35.1 Å². The lowest BCUT2D eigenvalue weighted by atomic mass is 10.1. The van der Waals surface area contributed by atoms with Crippen molar-refractivity contribution < 1.29 is 0 Å². The van der Waals surface area contributed by atoms with Crippen molar-refractivity contribution in [3.8, 4) is 0 Å². The van der Waals surface area contributed by atoms with Crippen LogP contribution < -0.4 is 11.1 Å². The van der Waals surface area contributed by atoms with Gasteiger partial charge in [0.25, 0.3) is 0 Å². The zero-order valence-corrected chi connectivity index (χ0v) is 13.6. The van der Waals surface area contributed by atoms with Crippen molar-refractivity contribution in [2.45, 2.75) is 26.3 Å². The number of aryl methyl sites for hydroxylation is 2. The largest absolute Gasteiger partial charge is 0.347 e. The normalized spacial score (nSPS) is 16.5. The second kappa shape index (κ2) is 7.27. The lowest BCUT2D eigenvalue weighted by Crippen LogP contribution is -2.44. The third-order valence-electron chi connectivity index (χ3n) is 4.63. The maximum absolute atomic E-state index is 5.69. The Bertz CT molecular complexity index is 611. The van der Waals surface area contributed by atoms with Gasteiger partial charge in [-0.05, 0) is 43.5 Å². The van der Waals surface area contributed by atoms with Gasteiger partial charge in [0.1, 0.15) is 0 Å². The molecule has 22 heavy (non-hydrogen) atoms. The van der Waals surface area contributed by atoms with Crippen molar-refractivity contribution in [3.05, 3.63) is 35.5 Å². The number of fused-ring (bicyclic) bond motifs is 1. The molecular weight excluding hydrogens is 272 g/mol. The summed E-state index contributed by atoms with van der Waals surface area (Å²) in [6.45, 7) is 9.68. The van der Waals surface area contributed by atoms with Crippen LogP contribution in [0.15, 0.2) is 24.4 Å². The molecular formula is C18H28N4. The molecule has 4 heteroatoms. The molecule has 2 aromatic rings. The maximum atomic E-state index is 5.69. The fraction of sp³-hybridized carbons (Fsp3) is 0.556. The minimum atomic E-state index is 0.752. The Hall–Kier alpha value is -1.36. The second-order valence-corrected chi connectivity index (χ2v) is 6.35. The maximum Gasteiger partial charge on any atom is 0.0485 e. The molecule has 0 spiro atoms. The van der Waals surface area contributed by atoms with Gasteiger partial charge in [-0.1, -0.05) is 12.1 Å². The fourth-order valence-corrected chi connectivity index (χ4v) is 3.34. The van der Waals surface area contributed by atoms with E-state index in [9.17, 15) is 0 Å². The molecule has 0 atom stereocenters. The average molecular weight is 300 g/mol. The number of nitrogens with two attached hydrogens (primary N) is 1. The van der Waals surface area contributed by atoms with Crippen molar-refractivity contribution in [1.29, 1.82) is 0 Å². The van der Waals surface area contributed by atoms with Crippen LogP contribution in [-0.4, -0.2) is 48.7 Å². The fourth-order valence-electron chi connectivity index (χ4n) is 3.34. The smallest absolute Gasteiger partial charge is 0.0485 e. The van der Waals surface area contributed by atoms with Gasteiger partial charge in [0.15, 0.2) is 0 Å². The third kappa shape index (κ3) is 3.51. The van der Waals surface area contributed by atoms with Gasteiger partial charge in [0.2, 0.25) is 0 Å². The summed E-state index contributed by atoms with van der Waals surface area (Å²) >= 11 is 0. The molecule has 1 aliphatic rings. The van der Waals surface area contributed by atoms with Gasteiger partial charge in [0.05, 0.1) is 0 Å². The first-order chi connectivity index (χ1) is 10.8. The van der Waals surface area contributed by atoms with Crippen LogP contribution in [0.4, 0.5) is 0 Å². The van der Waals surface area contributed by atoms with Crippen molar-refractivity contribution >= 4 is 10.9 Å². The van der Waals surface area contributed by atoms with E-state index in [1.54, 1.807) is 0 Å². The Morgan fingerprint density at radius 1 is 1.18 bits per heavy atom. The van der Waals surface area contributed by atoms with Crippen LogP contribution in [0.3, 0.4) is 0 Å².